The number of nitrogens with zero attached hydrogens (tertiary/aromatic N) is 3. The van der Waals surface area contributed by atoms with Gasteiger partial charge in [-0.2, -0.15) is 10.2 Å². The van der Waals surface area contributed by atoms with Crippen molar-refractivity contribution in [1.29, 1.82) is 5.53 Å². The van der Waals surface area contributed by atoms with E-state index in [9.17, 15) is 13.6 Å². The Morgan fingerprint density at radius 1 is 1.46 bits per heavy atom. The SMILES string of the molecule is C[C@H]1C(N=N)=C(NCc2ccccc2C(F)F)CCN1c1cn[nH]c(=O)c1Cl. The number of H-pyrrole nitrogens is 1. The number of aromatic nitrogens is 2. The Kier molecular flexibility index (Phi) is 6.03. The number of rotatable bonds is 6. The van der Waals surface area contributed by atoms with E-state index in [0.29, 0.717) is 35.6 Å². The molecule has 148 valence electrons. The Hall–Kier alpha value is -2.81. The van der Waals surface area contributed by atoms with Crippen molar-refractivity contribution in [1.82, 2.24) is 15.5 Å². The van der Waals surface area contributed by atoms with Crippen LogP contribution >= 0.6 is 11.6 Å². The Bertz CT molecular complexity index is 961. The second kappa shape index (κ2) is 8.47. The van der Waals surface area contributed by atoms with E-state index in [1.54, 1.807) is 18.2 Å². The molecule has 1 aliphatic heterocycles. The van der Waals surface area contributed by atoms with Crippen LogP contribution in [0.3, 0.4) is 0 Å². The van der Waals surface area contributed by atoms with Crippen molar-refractivity contribution in [2.75, 3.05) is 11.4 Å². The van der Waals surface area contributed by atoms with Gasteiger partial charge in [0.05, 0.1) is 17.9 Å². The molecule has 2 heterocycles. The summed E-state index contributed by atoms with van der Waals surface area (Å²) in [5.74, 6) is 0. The van der Waals surface area contributed by atoms with Crippen LogP contribution in [0, 0.1) is 5.53 Å². The largest absolute Gasteiger partial charge is 0.383 e. The van der Waals surface area contributed by atoms with E-state index in [1.165, 1.54) is 12.3 Å². The summed E-state index contributed by atoms with van der Waals surface area (Å²) in [7, 11) is 0. The smallest absolute Gasteiger partial charge is 0.285 e. The Labute approximate surface area is 164 Å². The maximum absolute atomic E-state index is 13.2. The van der Waals surface area contributed by atoms with Crippen LogP contribution in [0.4, 0.5) is 14.5 Å². The third kappa shape index (κ3) is 3.89. The van der Waals surface area contributed by atoms with E-state index in [1.807, 2.05) is 11.8 Å². The molecule has 1 atom stereocenters. The van der Waals surface area contributed by atoms with Gasteiger partial charge in [0.2, 0.25) is 0 Å². The summed E-state index contributed by atoms with van der Waals surface area (Å²) < 4.78 is 26.3. The highest BCUT2D eigenvalue weighted by molar-refractivity contribution is 6.33. The zero-order valence-corrected chi connectivity index (χ0v) is 15.8. The third-order valence-corrected chi connectivity index (χ3v) is 5.13. The fraction of sp³-hybridized carbons (Fsp3) is 0.333. The average Bonchev–Trinajstić information content (AvgIpc) is 2.69. The molecule has 1 aromatic carbocycles. The summed E-state index contributed by atoms with van der Waals surface area (Å²) in [4.78, 5) is 13.6. The summed E-state index contributed by atoms with van der Waals surface area (Å²) in [5.41, 5.74) is 9.16. The standard InChI is InChI=1S/C18H19ClF2N6O/c1-10-16(25-22)13(23-8-11-4-2-3-5-12(11)17(20)21)6-7-27(10)14-9-24-26-18(28)15(14)19/h2-5,9-10,17,22-23H,6-8H2,1H3,(H,26,28)/t10-/m0/s1. The molecule has 10 heteroatoms. The van der Waals surface area contributed by atoms with Crippen LogP contribution in [-0.2, 0) is 6.54 Å². The minimum atomic E-state index is -2.56. The summed E-state index contributed by atoms with van der Waals surface area (Å²) in [6.45, 7) is 2.54. The number of aromatic amines is 1. The molecular formula is C18H19ClF2N6O. The van der Waals surface area contributed by atoms with Gasteiger partial charge in [0, 0.05) is 30.8 Å². The van der Waals surface area contributed by atoms with Crippen LogP contribution in [0.25, 0.3) is 0 Å². The zero-order valence-electron chi connectivity index (χ0n) is 15.0. The van der Waals surface area contributed by atoms with Gasteiger partial charge in [-0.15, -0.1) is 0 Å². The van der Waals surface area contributed by atoms with E-state index in [2.05, 4.69) is 20.6 Å². The lowest BCUT2D eigenvalue weighted by Crippen LogP contribution is -2.42. The molecule has 2 aromatic rings. The molecule has 0 fully saturated rings. The maximum Gasteiger partial charge on any atom is 0.285 e. The minimum Gasteiger partial charge on any atom is -0.383 e. The molecule has 0 unspecified atom stereocenters. The number of hydrogen-bond donors (Lipinski definition) is 3. The quantitative estimate of drug-likeness (QED) is 0.629. The number of alkyl halides is 2. The van der Waals surface area contributed by atoms with Gasteiger partial charge in [0.25, 0.3) is 12.0 Å². The first-order chi connectivity index (χ1) is 13.4. The second-order valence-electron chi connectivity index (χ2n) is 6.35. The highest BCUT2D eigenvalue weighted by Gasteiger charge is 2.29. The predicted octanol–water partition coefficient (Wildman–Crippen LogP) is 3.99. The van der Waals surface area contributed by atoms with E-state index in [4.69, 9.17) is 17.1 Å². The number of hydrogen-bond acceptors (Lipinski definition) is 6. The van der Waals surface area contributed by atoms with Gasteiger partial charge in [-0.25, -0.2) is 19.4 Å². The molecule has 1 aromatic heterocycles. The maximum atomic E-state index is 13.2. The Morgan fingerprint density at radius 2 is 2.21 bits per heavy atom. The first-order valence-corrected chi connectivity index (χ1v) is 9.02. The topological polar surface area (TPSA) is 97.2 Å². The van der Waals surface area contributed by atoms with Crippen molar-refractivity contribution in [2.45, 2.75) is 32.4 Å². The number of nitrogens with one attached hydrogen (secondary N) is 3. The Morgan fingerprint density at radius 3 is 2.93 bits per heavy atom. The van der Waals surface area contributed by atoms with Gasteiger partial charge in [0.1, 0.15) is 10.7 Å². The van der Waals surface area contributed by atoms with Crippen molar-refractivity contribution in [3.8, 4) is 0 Å². The lowest BCUT2D eigenvalue weighted by atomic mass is 10.0. The van der Waals surface area contributed by atoms with E-state index < -0.39 is 12.0 Å². The molecule has 0 bridgehead atoms. The van der Waals surface area contributed by atoms with Gasteiger partial charge in [-0.05, 0) is 12.5 Å². The molecule has 28 heavy (non-hydrogen) atoms. The molecule has 1 aliphatic rings. The van der Waals surface area contributed by atoms with Gasteiger partial charge >= 0.3 is 0 Å². The predicted molar refractivity (Wildman–Crippen MR) is 102 cm³/mol. The second-order valence-corrected chi connectivity index (χ2v) is 6.72. The fourth-order valence-corrected chi connectivity index (χ4v) is 3.51. The zero-order chi connectivity index (χ0) is 20.3. The Balaban J connectivity index is 1.84. The molecule has 3 rings (SSSR count). The van der Waals surface area contributed by atoms with Crippen molar-refractivity contribution in [3.63, 3.8) is 0 Å². The first kappa shape index (κ1) is 19.9. The van der Waals surface area contributed by atoms with Gasteiger partial charge in [-0.1, -0.05) is 35.9 Å². The number of anilines is 1. The van der Waals surface area contributed by atoms with Gasteiger partial charge in [0.15, 0.2) is 0 Å². The average molecular weight is 409 g/mol. The molecular weight excluding hydrogens is 390 g/mol. The van der Waals surface area contributed by atoms with Crippen molar-refractivity contribution in [2.24, 2.45) is 5.11 Å². The summed E-state index contributed by atoms with van der Waals surface area (Å²) in [5, 5.41) is 12.9. The summed E-state index contributed by atoms with van der Waals surface area (Å²) in [6.07, 6.45) is -0.611. The van der Waals surface area contributed by atoms with Crippen LogP contribution in [0.1, 0.15) is 30.9 Å². The fourth-order valence-electron chi connectivity index (χ4n) is 3.31. The molecule has 0 radical (unpaired) electrons. The molecule has 0 spiro atoms. The third-order valence-electron chi connectivity index (χ3n) is 4.76. The molecule has 0 amide bonds. The van der Waals surface area contributed by atoms with E-state index in [0.717, 1.165) is 0 Å². The lowest BCUT2D eigenvalue weighted by Gasteiger charge is -2.36. The molecule has 3 N–H and O–H groups in total. The molecule has 7 nitrogen and oxygen atoms in total. The van der Waals surface area contributed by atoms with Gasteiger partial charge < -0.3 is 10.2 Å². The molecule has 0 saturated carbocycles. The highest BCUT2D eigenvalue weighted by atomic mass is 35.5. The normalized spacial score (nSPS) is 17.2. The number of halogens is 3. The van der Waals surface area contributed by atoms with Crippen LogP contribution in [0.2, 0.25) is 5.02 Å². The monoisotopic (exact) mass is 408 g/mol. The van der Waals surface area contributed by atoms with Crippen molar-refractivity contribution >= 4 is 17.3 Å². The van der Waals surface area contributed by atoms with Gasteiger partial charge in [-0.3, -0.25) is 4.79 Å². The van der Waals surface area contributed by atoms with Crippen molar-refractivity contribution in [3.05, 3.63) is 68.4 Å². The van der Waals surface area contributed by atoms with Crippen LogP contribution < -0.4 is 15.8 Å². The summed E-state index contributed by atoms with van der Waals surface area (Å²) >= 11 is 6.10. The van der Waals surface area contributed by atoms with Crippen molar-refractivity contribution < 1.29 is 8.78 Å². The molecule has 0 aliphatic carbocycles. The van der Waals surface area contributed by atoms with Crippen LogP contribution in [-0.4, -0.2) is 22.8 Å². The molecule has 0 saturated heterocycles. The van der Waals surface area contributed by atoms with Crippen LogP contribution in [0.15, 0.2) is 51.8 Å². The first-order valence-electron chi connectivity index (χ1n) is 8.64. The number of benzene rings is 1. The lowest BCUT2D eigenvalue weighted by molar-refractivity contribution is 0.150. The summed E-state index contributed by atoms with van der Waals surface area (Å²) in [6, 6.07) is 5.99. The van der Waals surface area contributed by atoms with E-state index in [-0.39, 0.29) is 23.2 Å². The van der Waals surface area contributed by atoms with E-state index >= 15 is 0 Å². The van der Waals surface area contributed by atoms with Crippen LogP contribution in [0.5, 0.6) is 0 Å². The minimum absolute atomic E-state index is 0.0215. The highest BCUT2D eigenvalue weighted by Crippen LogP contribution is 2.31.